The number of ether oxygens (including phenoxy) is 1. The molecule has 2 N–H and O–H groups in total. The molecule has 1 aliphatic heterocycles. The molecule has 0 saturated carbocycles. The van der Waals surface area contributed by atoms with E-state index in [1.165, 1.54) is 5.56 Å². The van der Waals surface area contributed by atoms with Gasteiger partial charge in [-0.2, -0.15) is 0 Å². The zero-order valence-electron chi connectivity index (χ0n) is 7.94. The van der Waals surface area contributed by atoms with E-state index in [2.05, 4.69) is 36.5 Å². The van der Waals surface area contributed by atoms with Crippen LogP contribution in [0.15, 0.2) is 30.3 Å². The zero-order valence-corrected chi connectivity index (χ0v) is 7.94. The van der Waals surface area contributed by atoms with Gasteiger partial charge in [-0.05, 0) is 12.5 Å². The molecule has 1 aromatic carbocycles. The SMILES string of the molecule is C[C@H]1[NH2+]CCO[C@@H]1c1ccccc1. The molecule has 1 heterocycles. The summed E-state index contributed by atoms with van der Waals surface area (Å²) in [7, 11) is 0. The summed E-state index contributed by atoms with van der Waals surface area (Å²) in [6.45, 7) is 4.17. The average molecular weight is 178 g/mol. The summed E-state index contributed by atoms with van der Waals surface area (Å²) in [5.74, 6) is 0. The van der Waals surface area contributed by atoms with Crippen LogP contribution in [0.5, 0.6) is 0 Å². The second kappa shape index (κ2) is 3.90. The highest BCUT2D eigenvalue weighted by atomic mass is 16.5. The van der Waals surface area contributed by atoms with E-state index < -0.39 is 0 Å². The molecular weight excluding hydrogens is 162 g/mol. The first-order valence-corrected chi connectivity index (χ1v) is 4.88. The topological polar surface area (TPSA) is 25.8 Å². The Hall–Kier alpha value is -0.860. The predicted molar refractivity (Wildman–Crippen MR) is 51.4 cm³/mol. The molecule has 2 heteroatoms. The van der Waals surface area contributed by atoms with Crippen LogP contribution in [0.4, 0.5) is 0 Å². The van der Waals surface area contributed by atoms with Crippen LogP contribution >= 0.6 is 0 Å². The van der Waals surface area contributed by atoms with E-state index in [0.29, 0.717) is 6.04 Å². The van der Waals surface area contributed by atoms with Crippen molar-refractivity contribution >= 4 is 0 Å². The summed E-state index contributed by atoms with van der Waals surface area (Å²) in [6, 6.07) is 11.0. The number of hydrogen-bond acceptors (Lipinski definition) is 1. The van der Waals surface area contributed by atoms with Crippen LogP contribution in [0, 0.1) is 0 Å². The van der Waals surface area contributed by atoms with Crippen molar-refractivity contribution in [3.63, 3.8) is 0 Å². The third-order valence-corrected chi connectivity index (χ3v) is 2.56. The molecule has 0 spiro atoms. The van der Waals surface area contributed by atoms with E-state index in [0.717, 1.165) is 13.2 Å². The number of morpholine rings is 1. The monoisotopic (exact) mass is 178 g/mol. The fourth-order valence-corrected chi connectivity index (χ4v) is 1.84. The first-order valence-electron chi connectivity index (χ1n) is 4.88. The Morgan fingerprint density at radius 2 is 2.08 bits per heavy atom. The van der Waals surface area contributed by atoms with Gasteiger partial charge < -0.3 is 10.1 Å². The molecule has 0 aromatic heterocycles. The molecule has 0 unspecified atom stereocenters. The minimum absolute atomic E-state index is 0.273. The third kappa shape index (κ3) is 1.90. The van der Waals surface area contributed by atoms with Crippen molar-refractivity contribution < 1.29 is 10.1 Å². The van der Waals surface area contributed by atoms with Gasteiger partial charge in [-0.15, -0.1) is 0 Å². The van der Waals surface area contributed by atoms with E-state index >= 15 is 0 Å². The maximum atomic E-state index is 5.74. The van der Waals surface area contributed by atoms with Crippen molar-refractivity contribution in [2.45, 2.75) is 19.1 Å². The van der Waals surface area contributed by atoms with Crippen LogP contribution in [-0.2, 0) is 4.74 Å². The van der Waals surface area contributed by atoms with Crippen LogP contribution in [0.3, 0.4) is 0 Å². The van der Waals surface area contributed by atoms with Gasteiger partial charge in [0.1, 0.15) is 12.1 Å². The summed E-state index contributed by atoms with van der Waals surface area (Å²) >= 11 is 0. The van der Waals surface area contributed by atoms with Gasteiger partial charge in [0.25, 0.3) is 0 Å². The van der Waals surface area contributed by atoms with E-state index in [4.69, 9.17) is 4.74 Å². The van der Waals surface area contributed by atoms with Gasteiger partial charge in [0.05, 0.1) is 13.2 Å². The van der Waals surface area contributed by atoms with Crippen LogP contribution in [0.2, 0.25) is 0 Å². The van der Waals surface area contributed by atoms with Crippen molar-refractivity contribution in [1.82, 2.24) is 0 Å². The van der Waals surface area contributed by atoms with E-state index in [9.17, 15) is 0 Å². The number of rotatable bonds is 1. The van der Waals surface area contributed by atoms with E-state index in [-0.39, 0.29) is 6.10 Å². The van der Waals surface area contributed by atoms with Gasteiger partial charge in [0, 0.05) is 0 Å². The van der Waals surface area contributed by atoms with Crippen LogP contribution < -0.4 is 5.32 Å². The Morgan fingerprint density at radius 1 is 1.31 bits per heavy atom. The first kappa shape index (κ1) is 8.73. The molecule has 1 aromatic rings. The summed E-state index contributed by atoms with van der Waals surface area (Å²) < 4.78 is 5.74. The highest BCUT2D eigenvalue weighted by molar-refractivity contribution is 5.18. The van der Waals surface area contributed by atoms with Gasteiger partial charge in [-0.3, -0.25) is 0 Å². The van der Waals surface area contributed by atoms with Crippen molar-refractivity contribution in [2.75, 3.05) is 13.2 Å². The summed E-state index contributed by atoms with van der Waals surface area (Å²) in [5.41, 5.74) is 1.30. The van der Waals surface area contributed by atoms with Crippen molar-refractivity contribution in [3.8, 4) is 0 Å². The normalized spacial score (nSPS) is 28.7. The Balaban J connectivity index is 2.15. The Kier molecular flexibility index (Phi) is 2.62. The fraction of sp³-hybridized carbons (Fsp3) is 0.455. The molecule has 2 rings (SSSR count). The minimum atomic E-state index is 0.273. The predicted octanol–water partition coefficient (Wildman–Crippen LogP) is 0.710. The molecule has 13 heavy (non-hydrogen) atoms. The lowest BCUT2D eigenvalue weighted by Gasteiger charge is -2.27. The molecule has 1 aliphatic rings. The van der Waals surface area contributed by atoms with Gasteiger partial charge in [-0.25, -0.2) is 0 Å². The summed E-state index contributed by atoms with van der Waals surface area (Å²) in [5, 5.41) is 2.35. The van der Waals surface area contributed by atoms with Crippen LogP contribution in [-0.4, -0.2) is 19.2 Å². The highest BCUT2D eigenvalue weighted by Gasteiger charge is 2.25. The highest BCUT2D eigenvalue weighted by Crippen LogP contribution is 2.20. The van der Waals surface area contributed by atoms with Crippen LogP contribution in [0.25, 0.3) is 0 Å². The number of hydrogen-bond donors (Lipinski definition) is 1. The van der Waals surface area contributed by atoms with Crippen LogP contribution in [0.1, 0.15) is 18.6 Å². The Morgan fingerprint density at radius 3 is 2.77 bits per heavy atom. The molecular formula is C11H16NO+. The lowest BCUT2D eigenvalue weighted by Crippen LogP contribution is -2.93. The maximum Gasteiger partial charge on any atom is 0.134 e. The maximum absolute atomic E-state index is 5.74. The minimum Gasteiger partial charge on any atom is -0.361 e. The quantitative estimate of drug-likeness (QED) is 0.673. The molecule has 2 atom stereocenters. The smallest absolute Gasteiger partial charge is 0.134 e. The molecule has 0 bridgehead atoms. The largest absolute Gasteiger partial charge is 0.361 e. The number of nitrogens with two attached hydrogens (primary N) is 1. The lowest BCUT2D eigenvalue weighted by atomic mass is 10.0. The molecule has 1 fully saturated rings. The molecule has 0 radical (unpaired) electrons. The fourth-order valence-electron chi connectivity index (χ4n) is 1.84. The molecule has 2 nitrogen and oxygen atoms in total. The molecule has 0 aliphatic carbocycles. The van der Waals surface area contributed by atoms with Gasteiger partial charge in [0.2, 0.25) is 0 Å². The third-order valence-electron chi connectivity index (χ3n) is 2.56. The second-order valence-electron chi connectivity index (χ2n) is 3.59. The molecule has 0 amide bonds. The number of quaternary nitrogens is 1. The van der Waals surface area contributed by atoms with Crippen molar-refractivity contribution in [2.24, 2.45) is 0 Å². The van der Waals surface area contributed by atoms with E-state index in [1.807, 2.05) is 6.07 Å². The molecule has 1 saturated heterocycles. The lowest BCUT2D eigenvalue weighted by molar-refractivity contribution is -0.710. The second-order valence-corrected chi connectivity index (χ2v) is 3.59. The average Bonchev–Trinajstić information content (AvgIpc) is 2.20. The van der Waals surface area contributed by atoms with Gasteiger partial charge in [-0.1, -0.05) is 30.3 Å². The Labute approximate surface area is 78.9 Å². The standard InChI is InChI=1S/C11H15NO/c1-9-11(13-8-7-12-9)10-5-3-2-4-6-10/h2-6,9,11-12H,7-8H2,1H3/p+1/t9-,11+/m1/s1. The summed E-state index contributed by atoms with van der Waals surface area (Å²) in [4.78, 5) is 0. The Bertz CT molecular complexity index is 260. The zero-order chi connectivity index (χ0) is 9.10. The first-order chi connectivity index (χ1) is 6.38. The number of benzene rings is 1. The van der Waals surface area contributed by atoms with Gasteiger partial charge >= 0.3 is 0 Å². The van der Waals surface area contributed by atoms with Gasteiger partial charge in [0.15, 0.2) is 0 Å². The van der Waals surface area contributed by atoms with Crippen molar-refractivity contribution in [3.05, 3.63) is 35.9 Å². The van der Waals surface area contributed by atoms with Crippen molar-refractivity contribution in [1.29, 1.82) is 0 Å². The summed E-state index contributed by atoms with van der Waals surface area (Å²) in [6.07, 6.45) is 0.273. The van der Waals surface area contributed by atoms with E-state index in [1.54, 1.807) is 0 Å². The molecule has 70 valence electrons.